The smallest absolute Gasteiger partial charge is 0.283 e. The van der Waals surface area contributed by atoms with Crippen LogP contribution in [0.4, 0.5) is 0 Å². The average molecular weight is 526 g/mol. The van der Waals surface area contributed by atoms with E-state index in [-0.39, 0.29) is 5.41 Å². The van der Waals surface area contributed by atoms with Gasteiger partial charge in [0.2, 0.25) is 0 Å². The molecule has 169 valence electrons. The standard InChI is InChI=1S/C30H27BrNOSi/c1-30(2,3)25-14-15-29(23-16-22(20-32)17-26(31)19-23)24(18-25)21-33-34(27-10-6-4-7-11-27)28-12-8-5-9-13-28/h4-19H,21H2,1-3H3. The Kier molecular flexibility index (Phi) is 7.48. The summed E-state index contributed by atoms with van der Waals surface area (Å²) in [5.41, 5.74) is 5.15. The van der Waals surface area contributed by atoms with E-state index in [9.17, 15) is 5.26 Å². The lowest BCUT2D eigenvalue weighted by Gasteiger charge is -2.23. The molecule has 0 atom stereocenters. The van der Waals surface area contributed by atoms with Crippen LogP contribution in [0.15, 0.2) is 102 Å². The maximum Gasteiger partial charge on any atom is 0.283 e. The van der Waals surface area contributed by atoms with Crippen LogP contribution in [0.2, 0.25) is 0 Å². The van der Waals surface area contributed by atoms with Gasteiger partial charge in [0.1, 0.15) is 0 Å². The molecule has 0 aliphatic heterocycles. The first-order chi connectivity index (χ1) is 16.3. The first kappa shape index (κ1) is 24.2. The minimum Gasteiger partial charge on any atom is -0.403 e. The molecule has 0 saturated carbocycles. The van der Waals surface area contributed by atoms with E-state index >= 15 is 0 Å². The Labute approximate surface area is 212 Å². The molecule has 4 aromatic carbocycles. The predicted molar refractivity (Wildman–Crippen MR) is 146 cm³/mol. The molecule has 0 N–H and O–H groups in total. The van der Waals surface area contributed by atoms with Gasteiger partial charge < -0.3 is 4.43 Å². The highest BCUT2D eigenvalue weighted by Crippen LogP contribution is 2.32. The van der Waals surface area contributed by atoms with Crippen LogP contribution in [0, 0.1) is 11.3 Å². The van der Waals surface area contributed by atoms with E-state index < -0.39 is 9.04 Å². The predicted octanol–water partition coefficient (Wildman–Crippen LogP) is 6.61. The molecular weight excluding hydrogens is 498 g/mol. The monoisotopic (exact) mass is 524 g/mol. The summed E-state index contributed by atoms with van der Waals surface area (Å²) in [5, 5.41) is 11.9. The molecule has 0 spiro atoms. The van der Waals surface area contributed by atoms with Gasteiger partial charge >= 0.3 is 0 Å². The molecular formula is C30H27BrNOSi. The van der Waals surface area contributed by atoms with Crippen molar-refractivity contribution in [1.29, 1.82) is 5.26 Å². The molecule has 0 amide bonds. The first-order valence-electron chi connectivity index (χ1n) is 11.3. The number of halogens is 1. The highest BCUT2D eigenvalue weighted by Gasteiger charge is 2.21. The van der Waals surface area contributed by atoms with Gasteiger partial charge in [-0.3, -0.25) is 0 Å². The van der Waals surface area contributed by atoms with E-state index in [0.717, 1.165) is 21.2 Å². The fourth-order valence-corrected chi connectivity index (χ4v) is 6.38. The van der Waals surface area contributed by atoms with Gasteiger partial charge in [0, 0.05) is 4.47 Å². The molecule has 0 heterocycles. The summed E-state index contributed by atoms with van der Waals surface area (Å²) < 4.78 is 7.64. The van der Waals surface area contributed by atoms with E-state index in [1.165, 1.54) is 15.9 Å². The van der Waals surface area contributed by atoms with E-state index in [1.807, 2.05) is 24.3 Å². The molecule has 0 unspecified atom stereocenters. The van der Waals surface area contributed by atoms with Crippen molar-refractivity contribution in [2.24, 2.45) is 0 Å². The van der Waals surface area contributed by atoms with Crippen molar-refractivity contribution in [3.8, 4) is 17.2 Å². The van der Waals surface area contributed by atoms with E-state index in [2.05, 4.69) is 116 Å². The quantitative estimate of drug-likeness (QED) is 0.266. The Bertz CT molecular complexity index is 1270. The third kappa shape index (κ3) is 5.74. The molecule has 0 fully saturated rings. The number of benzene rings is 4. The van der Waals surface area contributed by atoms with E-state index in [4.69, 9.17) is 4.43 Å². The molecule has 4 heteroatoms. The number of hydrogen-bond acceptors (Lipinski definition) is 2. The van der Waals surface area contributed by atoms with Gasteiger partial charge in [0.15, 0.2) is 0 Å². The van der Waals surface area contributed by atoms with Crippen LogP contribution in [0.3, 0.4) is 0 Å². The summed E-state index contributed by atoms with van der Waals surface area (Å²) in [6.45, 7) is 7.17. The average Bonchev–Trinajstić information content (AvgIpc) is 2.84. The molecule has 0 aliphatic rings. The Hall–Kier alpha value is -2.97. The Morgan fingerprint density at radius 1 is 0.824 bits per heavy atom. The number of hydrogen-bond donors (Lipinski definition) is 0. The molecule has 4 rings (SSSR count). The maximum absolute atomic E-state index is 9.49. The normalized spacial score (nSPS) is 11.4. The van der Waals surface area contributed by atoms with Gasteiger partial charge in [-0.2, -0.15) is 5.26 Å². The third-order valence-electron chi connectivity index (χ3n) is 5.75. The lowest BCUT2D eigenvalue weighted by Crippen LogP contribution is -2.44. The molecule has 4 aromatic rings. The number of rotatable bonds is 6. The molecule has 0 bridgehead atoms. The highest BCUT2D eigenvalue weighted by atomic mass is 79.9. The second-order valence-electron chi connectivity index (χ2n) is 9.31. The zero-order chi connectivity index (χ0) is 24.1. The first-order valence-corrected chi connectivity index (χ1v) is 13.5. The minimum atomic E-state index is -1.43. The summed E-state index contributed by atoms with van der Waals surface area (Å²) in [7, 11) is -1.43. The molecule has 1 radical (unpaired) electrons. The van der Waals surface area contributed by atoms with Gasteiger partial charge in [-0.05, 0) is 56.2 Å². The van der Waals surface area contributed by atoms with Crippen LogP contribution in [-0.2, 0) is 16.4 Å². The van der Waals surface area contributed by atoms with Crippen LogP contribution in [0.25, 0.3) is 11.1 Å². The summed E-state index contributed by atoms with van der Waals surface area (Å²) in [6, 6.07) is 35.7. The van der Waals surface area contributed by atoms with Crippen molar-refractivity contribution < 1.29 is 4.43 Å². The van der Waals surface area contributed by atoms with Crippen molar-refractivity contribution in [2.75, 3.05) is 0 Å². The van der Waals surface area contributed by atoms with Crippen LogP contribution in [0.1, 0.15) is 37.5 Å². The van der Waals surface area contributed by atoms with Gasteiger partial charge in [-0.1, -0.05) is 116 Å². The molecule has 0 aliphatic carbocycles. The van der Waals surface area contributed by atoms with Crippen LogP contribution in [-0.4, -0.2) is 9.04 Å². The van der Waals surface area contributed by atoms with Gasteiger partial charge in [-0.15, -0.1) is 0 Å². The molecule has 2 nitrogen and oxygen atoms in total. The van der Waals surface area contributed by atoms with Crippen LogP contribution < -0.4 is 10.4 Å². The van der Waals surface area contributed by atoms with Gasteiger partial charge in [0.25, 0.3) is 9.04 Å². The lowest BCUT2D eigenvalue weighted by atomic mass is 9.84. The zero-order valence-corrected chi connectivity index (χ0v) is 22.3. The van der Waals surface area contributed by atoms with Crippen molar-refractivity contribution in [3.05, 3.63) is 118 Å². The third-order valence-corrected chi connectivity index (χ3v) is 8.36. The zero-order valence-electron chi connectivity index (χ0n) is 19.7. The summed E-state index contributed by atoms with van der Waals surface area (Å²) >= 11 is 3.57. The van der Waals surface area contributed by atoms with E-state index in [0.29, 0.717) is 12.2 Å². The highest BCUT2D eigenvalue weighted by molar-refractivity contribution is 9.10. The SMILES string of the molecule is CC(C)(C)c1ccc(-c2cc(Br)cc(C#N)c2)c(CO[Si](c2ccccc2)c2ccccc2)c1. The van der Waals surface area contributed by atoms with Gasteiger partial charge in [0.05, 0.1) is 18.2 Å². The Morgan fingerprint density at radius 3 is 2.00 bits per heavy atom. The van der Waals surface area contributed by atoms with Crippen molar-refractivity contribution in [1.82, 2.24) is 0 Å². The summed E-state index contributed by atoms with van der Waals surface area (Å²) in [6.07, 6.45) is 0. The topological polar surface area (TPSA) is 33.0 Å². The summed E-state index contributed by atoms with van der Waals surface area (Å²) in [5.74, 6) is 0. The van der Waals surface area contributed by atoms with Crippen molar-refractivity contribution in [3.63, 3.8) is 0 Å². The maximum atomic E-state index is 9.49. The molecule has 0 saturated heterocycles. The second kappa shape index (κ2) is 10.5. The molecule has 34 heavy (non-hydrogen) atoms. The largest absolute Gasteiger partial charge is 0.403 e. The Balaban J connectivity index is 1.76. The van der Waals surface area contributed by atoms with Crippen LogP contribution in [0.5, 0.6) is 0 Å². The second-order valence-corrected chi connectivity index (χ2v) is 12.3. The number of nitrogens with zero attached hydrogens (tertiary/aromatic N) is 1. The fourth-order valence-electron chi connectivity index (χ4n) is 3.93. The van der Waals surface area contributed by atoms with Crippen molar-refractivity contribution in [2.45, 2.75) is 32.8 Å². The van der Waals surface area contributed by atoms with Crippen LogP contribution >= 0.6 is 15.9 Å². The summed E-state index contributed by atoms with van der Waals surface area (Å²) in [4.78, 5) is 0. The minimum absolute atomic E-state index is 0.0228. The Morgan fingerprint density at radius 2 is 1.44 bits per heavy atom. The van der Waals surface area contributed by atoms with E-state index in [1.54, 1.807) is 0 Å². The number of nitriles is 1. The lowest BCUT2D eigenvalue weighted by molar-refractivity contribution is 0.322. The van der Waals surface area contributed by atoms with Crippen molar-refractivity contribution >= 4 is 35.3 Å². The molecule has 0 aromatic heterocycles. The van der Waals surface area contributed by atoms with Gasteiger partial charge in [-0.25, -0.2) is 0 Å². The fraction of sp³-hybridized carbons (Fsp3) is 0.167.